The second-order valence-corrected chi connectivity index (χ2v) is 8.09. The number of benzene rings is 2. The lowest BCUT2D eigenvalue weighted by Gasteiger charge is -2.13. The Balaban J connectivity index is 1.71. The van der Waals surface area contributed by atoms with Crippen molar-refractivity contribution in [1.29, 1.82) is 0 Å². The molecule has 2 aromatic carbocycles. The van der Waals surface area contributed by atoms with Crippen LogP contribution in [0.2, 0.25) is 0 Å². The molecule has 5 nitrogen and oxygen atoms in total. The summed E-state index contributed by atoms with van der Waals surface area (Å²) in [7, 11) is 0. The van der Waals surface area contributed by atoms with E-state index in [4.69, 9.17) is 0 Å². The molecule has 0 aliphatic carbocycles. The highest BCUT2D eigenvalue weighted by atomic mass is 19.4. The van der Waals surface area contributed by atoms with Crippen LogP contribution >= 0.6 is 0 Å². The molecule has 2 N–H and O–H groups in total. The molecule has 0 saturated heterocycles. The van der Waals surface area contributed by atoms with Crippen molar-refractivity contribution < 1.29 is 32.5 Å². The predicted molar refractivity (Wildman–Crippen MR) is 118 cm³/mol. The summed E-state index contributed by atoms with van der Waals surface area (Å²) in [6, 6.07) is 14.0. The van der Waals surface area contributed by atoms with Gasteiger partial charge < -0.3 is 4.74 Å². The summed E-state index contributed by atoms with van der Waals surface area (Å²) in [6.45, 7) is 1.43. The van der Waals surface area contributed by atoms with Gasteiger partial charge in [-0.25, -0.2) is 14.8 Å². The third kappa shape index (κ3) is 6.91. The smallest absolute Gasteiger partial charge is 0.458 e. The van der Waals surface area contributed by atoms with Gasteiger partial charge in [0.05, 0.1) is 5.92 Å². The van der Waals surface area contributed by atoms with Crippen LogP contribution in [0.3, 0.4) is 0 Å². The van der Waals surface area contributed by atoms with E-state index < -0.39 is 18.1 Å². The van der Waals surface area contributed by atoms with Gasteiger partial charge in [-0.2, -0.15) is 13.2 Å². The van der Waals surface area contributed by atoms with E-state index in [0.29, 0.717) is 31.5 Å². The Kier molecular flexibility index (Phi) is 8.25. The second-order valence-electron chi connectivity index (χ2n) is 8.09. The first-order valence-corrected chi connectivity index (χ1v) is 11.1. The van der Waals surface area contributed by atoms with Gasteiger partial charge in [0.15, 0.2) is 5.69 Å². The van der Waals surface area contributed by atoms with Crippen molar-refractivity contribution in [2.75, 3.05) is 6.61 Å². The van der Waals surface area contributed by atoms with Crippen LogP contribution in [0.25, 0.3) is 22.0 Å². The minimum atomic E-state index is -5.03. The van der Waals surface area contributed by atoms with Crippen LogP contribution in [0.4, 0.5) is 13.2 Å². The average molecular weight is 462 g/mol. The lowest BCUT2D eigenvalue weighted by molar-refractivity contribution is -0.391. The number of esters is 1. The summed E-state index contributed by atoms with van der Waals surface area (Å²) >= 11 is 0. The number of Topliss-reactive ketones (excluding diaryl/α,β-unsaturated/α-hetero) is 1. The Morgan fingerprint density at radius 1 is 1.06 bits per heavy atom. The maximum Gasteiger partial charge on any atom is 0.490 e. The second kappa shape index (κ2) is 11.1. The van der Waals surface area contributed by atoms with Crippen LogP contribution in [-0.4, -0.2) is 29.5 Å². The van der Waals surface area contributed by atoms with E-state index in [9.17, 15) is 22.8 Å². The predicted octanol–water partition coefficient (Wildman–Crippen LogP) is 5.77. The first kappa shape index (κ1) is 24.5. The standard InChI is InChI=1S/C25H27F3N2O3/c1-2-21(31)11-5-3-4-10-20(16-33-24(32)25(26,27)28)23-29-15-22(30-23)19-13-12-17-8-6-7-9-18(17)14-19/h6-9,12-15,20H,2-5,10-11,16H2,1H3,(H,29,30)/p+1. The van der Waals surface area contributed by atoms with Gasteiger partial charge in [-0.05, 0) is 35.7 Å². The molecule has 0 amide bonds. The number of aromatic amines is 2. The number of rotatable bonds is 11. The number of halogens is 3. The molecular formula is C25H28F3N2O3+. The summed E-state index contributed by atoms with van der Waals surface area (Å²) < 4.78 is 42.3. The van der Waals surface area contributed by atoms with Crippen LogP contribution < -0.4 is 4.98 Å². The number of aromatic nitrogens is 2. The lowest BCUT2D eigenvalue weighted by Crippen LogP contribution is -2.28. The van der Waals surface area contributed by atoms with E-state index in [1.54, 1.807) is 6.20 Å². The number of H-pyrrole nitrogens is 2. The SMILES string of the molecule is CCC(=O)CCCCCC(COC(=O)C(F)(F)F)c1[nH]c(-c2ccc3ccccc3c2)c[nH+]1. The van der Waals surface area contributed by atoms with Crippen molar-refractivity contribution in [3.8, 4) is 11.3 Å². The van der Waals surface area contributed by atoms with Crippen molar-refractivity contribution in [2.45, 2.75) is 57.5 Å². The summed E-state index contributed by atoms with van der Waals surface area (Å²) in [6.07, 6.45) is 0.462. The molecule has 0 radical (unpaired) electrons. The maximum absolute atomic E-state index is 12.6. The monoisotopic (exact) mass is 461 g/mol. The molecule has 0 spiro atoms. The lowest BCUT2D eigenvalue weighted by atomic mass is 10.00. The quantitative estimate of drug-likeness (QED) is 0.291. The zero-order valence-electron chi connectivity index (χ0n) is 18.5. The van der Waals surface area contributed by atoms with Gasteiger partial charge >= 0.3 is 12.1 Å². The van der Waals surface area contributed by atoms with Crippen molar-refractivity contribution in [2.24, 2.45) is 0 Å². The molecule has 0 saturated carbocycles. The number of unbranched alkanes of at least 4 members (excludes halogenated alkanes) is 2. The number of ketones is 1. The molecule has 1 unspecified atom stereocenters. The average Bonchev–Trinajstić information content (AvgIpc) is 3.29. The normalized spacial score (nSPS) is 12.6. The summed E-state index contributed by atoms with van der Waals surface area (Å²) in [5, 5.41) is 2.18. The van der Waals surface area contributed by atoms with Gasteiger partial charge in [0.25, 0.3) is 5.82 Å². The third-order valence-electron chi connectivity index (χ3n) is 5.66. The third-order valence-corrected chi connectivity index (χ3v) is 5.66. The Morgan fingerprint density at radius 2 is 1.82 bits per heavy atom. The van der Waals surface area contributed by atoms with Crippen molar-refractivity contribution >= 4 is 22.5 Å². The summed E-state index contributed by atoms with van der Waals surface area (Å²) in [4.78, 5) is 29.0. The number of ether oxygens (including phenoxy) is 1. The van der Waals surface area contributed by atoms with Gasteiger partial charge in [-0.15, -0.1) is 0 Å². The van der Waals surface area contributed by atoms with E-state index in [-0.39, 0.29) is 12.4 Å². The van der Waals surface area contributed by atoms with E-state index >= 15 is 0 Å². The van der Waals surface area contributed by atoms with Gasteiger partial charge in [-0.3, -0.25) is 4.79 Å². The number of carbonyl (C=O) groups excluding carboxylic acids is 2. The molecule has 3 aromatic rings. The number of carbonyl (C=O) groups is 2. The molecule has 1 atom stereocenters. The number of hydrogen-bond acceptors (Lipinski definition) is 3. The molecule has 0 fully saturated rings. The largest absolute Gasteiger partial charge is 0.490 e. The maximum atomic E-state index is 12.6. The molecule has 176 valence electrons. The molecular weight excluding hydrogens is 433 g/mol. The summed E-state index contributed by atoms with van der Waals surface area (Å²) in [5.74, 6) is -1.85. The molecule has 0 bridgehead atoms. The molecule has 0 aliphatic heterocycles. The molecule has 33 heavy (non-hydrogen) atoms. The molecule has 1 heterocycles. The highest BCUT2D eigenvalue weighted by Gasteiger charge is 2.41. The van der Waals surface area contributed by atoms with Gasteiger partial charge in [0, 0.05) is 18.4 Å². The van der Waals surface area contributed by atoms with Gasteiger partial charge in [0.1, 0.15) is 18.6 Å². The summed E-state index contributed by atoms with van der Waals surface area (Å²) in [5.41, 5.74) is 1.72. The zero-order chi connectivity index (χ0) is 23.8. The Hall–Kier alpha value is -3.16. The van der Waals surface area contributed by atoms with Crippen LogP contribution in [-0.2, 0) is 14.3 Å². The molecule has 8 heteroatoms. The fourth-order valence-corrected chi connectivity index (χ4v) is 3.74. The number of hydrogen-bond donors (Lipinski definition) is 1. The van der Waals surface area contributed by atoms with E-state index in [2.05, 4.69) is 14.7 Å². The van der Waals surface area contributed by atoms with Crippen LogP contribution in [0.1, 0.15) is 57.2 Å². The van der Waals surface area contributed by atoms with E-state index in [0.717, 1.165) is 34.9 Å². The van der Waals surface area contributed by atoms with E-state index in [1.165, 1.54) is 0 Å². The number of fused-ring (bicyclic) bond motifs is 1. The van der Waals surface area contributed by atoms with Crippen molar-refractivity contribution in [1.82, 2.24) is 4.98 Å². The Morgan fingerprint density at radius 3 is 2.55 bits per heavy atom. The Bertz CT molecular complexity index is 1090. The topological polar surface area (TPSA) is 73.3 Å². The highest BCUT2D eigenvalue weighted by Crippen LogP contribution is 2.26. The van der Waals surface area contributed by atoms with Gasteiger partial charge in [-0.1, -0.05) is 50.1 Å². The first-order chi connectivity index (χ1) is 15.8. The van der Waals surface area contributed by atoms with Crippen molar-refractivity contribution in [3.05, 3.63) is 54.5 Å². The van der Waals surface area contributed by atoms with Crippen molar-refractivity contribution in [3.63, 3.8) is 0 Å². The number of nitrogens with one attached hydrogen (secondary N) is 2. The fourth-order valence-electron chi connectivity index (χ4n) is 3.74. The van der Waals surface area contributed by atoms with Crippen LogP contribution in [0.5, 0.6) is 0 Å². The number of imidazole rings is 1. The minimum Gasteiger partial charge on any atom is -0.458 e. The zero-order valence-corrected chi connectivity index (χ0v) is 18.5. The Labute approximate surface area is 190 Å². The van der Waals surface area contributed by atoms with Crippen LogP contribution in [0, 0.1) is 0 Å². The minimum absolute atomic E-state index is 0.198. The molecule has 0 aliphatic rings. The highest BCUT2D eigenvalue weighted by molar-refractivity contribution is 5.86. The van der Waals surface area contributed by atoms with Gasteiger partial charge in [0.2, 0.25) is 0 Å². The van der Waals surface area contributed by atoms with E-state index in [1.807, 2.05) is 49.4 Å². The molecule has 1 aromatic heterocycles. The fraction of sp³-hybridized carbons (Fsp3) is 0.400. The number of alkyl halides is 3. The first-order valence-electron chi connectivity index (χ1n) is 11.1. The van der Waals surface area contributed by atoms with Crippen LogP contribution in [0.15, 0.2) is 48.7 Å². The molecule has 3 rings (SSSR count).